The molecule has 0 radical (unpaired) electrons. The fourth-order valence-corrected chi connectivity index (χ4v) is 1.09. The molecule has 1 rings (SSSR count). The van der Waals surface area contributed by atoms with Crippen LogP contribution in [0.5, 0.6) is 0 Å². The van der Waals surface area contributed by atoms with E-state index in [1.54, 1.807) is 31.2 Å². The summed E-state index contributed by atoms with van der Waals surface area (Å²) >= 11 is 0. The van der Waals surface area contributed by atoms with Gasteiger partial charge in [0.15, 0.2) is 0 Å². The second-order valence-corrected chi connectivity index (χ2v) is 3.30. The van der Waals surface area contributed by atoms with Gasteiger partial charge >= 0.3 is 0 Å². The standard InChI is InChI=1S/C11H13N3O2/c1-8(7-10(12)15)13-14-11(16)9-5-3-2-4-6-9/h2-6H,7H2,1H3,(H2,12,15)(H,14,16)/b13-8-. The number of primary amides is 1. The molecule has 0 heterocycles. The molecule has 0 aromatic heterocycles. The molecule has 0 aliphatic carbocycles. The molecule has 3 N–H and O–H groups in total. The van der Waals surface area contributed by atoms with Gasteiger partial charge < -0.3 is 5.73 Å². The zero-order valence-corrected chi connectivity index (χ0v) is 8.93. The molecular weight excluding hydrogens is 206 g/mol. The highest BCUT2D eigenvalue weighted by molar-refractivity contribution is 6.00. The number of hydrogen-bond acceptors (Lipinski definition) is 3. The Bertz CT molecular complexity index is 412. The van der Waals surface area contributed by atoms with Crippen molar-refractivity contribution in [2.24, 2.45) is 10.8 Å². The number of carbonyl (C=O) groups is 2. The Morgan fingerprint density at radius 3 is 2.50 bits per heavy atom. The van der Waals surface area contributed by atoms with E-state index in [1.165, 1.54) is 0 Å². The Kier molecular flexibility index (Phi) is 4.20. The van der Waals surface area contributed by atoms with E-state index >= 15 is 0 Å². The van der Waals surface area contributed by atoms with Crippen molar-refractivity contribution in [1.29, 1.82) is 0 Å². The molecule has 0 fully saturated rings. The molecule has 0 spiro atoms. The zero-order valence-electron chi connectivity index (χ0n) is 8.93. The van der Waals surface area contributed by atoms with Crippen molar-refractivity contribution >= 4 is 17.5 Å². The molecule has 0 aliphatic heterocycles. The van der Waals surface area contributed by atoms with Gasteiger partial charge in [-0.05, 0) is 19.1 Å². The highest BCUT2D eigenvalue weighted by Crippen LogP contribution is 1.97. The number of carbonyl (C=O) groups excluding carboxylic acids is 2. The number of nitrogens with zero attached hydrogens (tertiary/aromatic N) is 1. The normalized spacial score (nSPS) is 10.9. The maximum Gasteiger partial charge on any atom is 0.271 e. The lowest BCUT2D eigenvalue weighted by atomic mass is 10.2. The average molecular weight is 219 g/mol. The predicted molar refractivity (Wildman–Crippen MR) is 60.8 cm³/mol. The molecule has 0 unspecified atom stereocenters. The number of nitrogens with two attached hydrogens (primary N) is 1. The highest BCUT2D eigenvalue weighted by atomic mass is 16.2. The van der Waals surface area contributed by atoms with E-state index in [-0.39, 0.29) is 12.3 Å². The molecule has 5 nitrogen and oxygen atoms in total. The van der Waals surface area contributed by atoms with Crippen LogP contribution in [0.15, 0.2) is 35.4 Å². The van der Waals surface area contributed by atoms with Crippen LogP contribution in [0.1, 0.15) is 23.7 Å². The van der Waals surface area contributed by atoms with Gasteiger partial charge in [-0.25, -0.2) is 5.43 Å². The third kappa shape index (κ3) is 3.91. The van der Waals surface area contributed by atoms with Crippen molar-refractivity contribution in [2.75, 3.05) is 0 Å². The van der Waals surface area contributed by atoms with E-state index in [0.717, 1.165) is 0 Å². The van der Waals surface area contributed by atoms with Gasteiger partial charge in [-0.3, -0.25) is 9.59 Å². The first-order chi connectivity index (χ1) is 7.59. The Balaban J connectivity index is 2.56. The van der Waals surface area contributed by atoms with E-state index < -0.39 is 5.91 Å². The quantitative estimate of drug-likeness (QED) is 0.576. The van der Waals surface area contributed by atoms with E-state index in [0.29, 0.717) is 11.3 Å². The summed E-state index contributed by atoms with van der Waals surface area (Å²) in [5.74, 6) is -0.792. The van der Waals surface area contributed by atoms with Crippen molar-refractivity contribution in [2.45, 2.75) is 13.3 Å². The van der Waals surface area contributed by atoms with Crippen LogP contribution in [0.4, 0.5) is 0 Å². The summed E-state index contributed by atoms with van der Waals surface area (Å²) in [6.07, 6.45) is 0.0368. The summed E-state index contributed by atoms with van der Waals surface area (Å²) in [4.78, 5) is 22.1. The molecule has 2 amide bonds. The molecule has 0 aliphatic rings. The minimum absolute atomic E-state index is 0.0368. The Hall–Kier alpha value is -2.17. The van der Waals surface area contributed by atoms with Crippen LogP contribution >= 0.6 is 0 Å². The Morgan fingerprint density at radius 1 is 1.31 bits per heavy atom. The van der Waals surface area contributed by atoms with E-state index in [1.807, 2.05) is 6.07 Å². The number of hydrogen-bond donors (Lipinski definition) is 2. The Morgan fingerprint density at radius 2 is 1.94 bits per heavy atom. The molecule has 16 heavy (non-hydrogen) atoms. The highest BCUT2D eigenvalue weighted by Gasteiger charge is 2.03. The predicted octanol–water partition coefficient (Wildman–Crippen LogP) is 0.668. The lowest BCUT2D eigenvalue weighted by Crippen LogP contribution is -2.21. The summed E-state index contributed by atoms with van der Waals surface area (Å²) in [5, 5.41) is 3.76. The molecular formula is C11H13N3O2. The maximum atomic E-state index is 11.5. The van der Waals surface area contributed by atoms with Gasteiger partial charge in [0.1, 0.15) is 0 Å². The van der Waals surface area contributed by atoms with Gasteiger partial charge in [-0.15, -0.1) is 0 Å². The van der Waals surface area contributed by atoms with Gasteiger partial charge in [0.05, 0.1) is 6.42 Å². The number of nitrogens with one attached hydrogen (secondary N) is 1. The lowest BCUT2D eigenvalue weighted by molar-refractivity contribution is -0.116. The minimum Gasteiger partial charge on any atom is -0.369 e. The molecule has 5 heteroatoms. The summed E-state index contributed by atoms with van der Waals surface area (Å²) in [6.45, 7) is 1.62. The van der Waals surface area contributed by atoms with Crippen LogP contribution in [-0.2, 0) is 4.79 Å². The number of benzene rings is 1. The van der Waals surface area contributed by atoms with Crippen LogP contribution in [0.25, 0.3) is 0 Å². The van der Waals surface area contributed by atoms with Crippen molar-refractivity contribution in [3.8, 4) is 0 Å². The monoisotopic (exact) mass is 219 g/mol. The van der Waals surface area contributed by atoms with Crippen LogP contribution < -0.4 is 11.2 Å². The lowest BCUT2D eigenvalue weighted by Gasteiger charge is -2.00. The Labute approximate surface area is 93.3 Å². The molecule has 1 aromatic rings. The number of rotatable bonds is 4. The van der Waals surface area contributed by atoms with Crippen molar-refractivity contribution < 1.29 is 9.59 Å². The fourth-order valence-electron chi connectivity index (χ4n) is 1.09. The van der Waals surface area contributed by atoms with Crippen molar-refractivity contribution in [1.82, 2.24) is 5.43 Å². The topological polar surface area (TPSA) is 84.6 Å². The molecule has 0 atom stereocenters. The van der Waals surface area contributed by atoms with Gasteiger partial charge in [-0.2, -0.15) is 5.10 Å². The molecule has 0 saturated carbocycles. The van der Waals surface area contributed by atoms with Gasteiger partial charge in [0.25, 0.3) is 5.91 Å². The zero-order chi connectivity index (χ0) is 12.0. The van der Waals surface area contributed by atoms with E-state index in [9.17, 15) is 9.59 Å². The van der Waals surface area contributed by atoms with Crippen LogP contribution in [0.3, 0.4) is 0 Å². The van der Waals surface area contributed by atoms with Gasteiger partial charge in [0.2, 0.25) is 5.91 Å². The molecule has 0 bridgehead atoms. The fraction of sp³-hybridized carbons (Fsp3) is 0.182. The largest absolute Gasteiger partial charge is 0.369 e. The van der Waals surface area contributed by atoms with Crippen LogP contribution in [0, 0.1) is 0 Å². The number of hydrazone groups is 1. The van der Waals surface area contributed by atoms with Crippen LogP contribution in [-0.4, -0.2) is 17.5 Å². The third-order valence-corrected chi connectivity index (χ3v) is 1.81. The summed E-state index contributed by atoms with van der Waals surface area (Å²) < 4.78 is 0. The molecule has 0 saturated heterocycles. The first-order valence-electron chi connectivity index (χ1n) is 4.76. The van der Waals surface area contributed by atoms with E-state index in [2.05, 4.69) is 10.5 Å². The van der Waals surface area contributed by atoms with E-state index in [4.69, 9.17) is 5.73 Å². The summed E-state index contributed by atoms with van der Waals surface area (Å²) in [5.41, 5.74) is 8.31. The second kappa shape index (κ2) is 5.65. The first-order valence-corrected chi connectivity index (χ1v) is 4.76. The smallest absolute Gasteiger partial charge is 0.271 e. The summed E-state index contributed by atoms with van der Waals surface area (Å²) in [7, 11) is 0. The van der Waals surface area contributed by atoms with Gasteiger partial charge in [-0.1, -0.05) is 18.2 Å². The average Bonchev–Trinajstić information content (AvgIpc) is 2.26. The van der Waals surface area contributed by atoms with Crippen LogP contribution in [0.2, 0.25) is 0 Å². The number of amides is 2. The SMILES string of the molecule is C/C(CC(N)=O)=N/NC(=O)c1ccccc1. The maximum absolute atomic E-state index is 11.5. The third-order valence-electron chi connectivity index (χ3n) is 1.81. The second-order valence-electron chi connectivity index (χ2n) is 3.30. The van der Waals surface area contributed by atoms with Crippen molar-refractivity contribution in [3.05, 3.63) is 35.9 Å². The molecule has 84 valence electrons. The minimum atomic E-state index is -0.477. The summed E-state index contributed by atoms with van der Waals surface area (Å²) in [6, 6.07) is 8.69. The van der Waals surface area contributed by atoms with Crippen molar-refractivity contribution in [3.63, 3.8) is 0 Å². The first kappa shape index (κ1) is 11.9. The molecule has 1 aromatic carbocycles. The van der Waals surface area contributed by atoms with Gasteiger partial charge in [0, 0.05) is 11.3 Å².